The summed E-state index contributed by atoms with van der Waals surface area (Å²) >= 11 is 3.49. The molecule has 0 saturated heterocycles. The lowest BCUT2D eigenvalue weighted by molar-refractivity contribution is 0.551. The van der Waals surface area contributed by atoms with E-state index in [0.29, 0.717) is 13.0 Å². The van der Waals surface area contributed by atoms with Crippen molar-refractivity contribution >= 4 is 25.8 Å². The lowest BCUT2D eigenvalue weighted by Crippen LogP contribution is -2.31. The van der Waals surface area contributed by atoms with Crippen molar-refractivity contribution < 1.29 is 8.42 Å². The average Bonchev–Trinajstić information content (AvgIpc) is 2.30. The Morgan fingerprint density at radius 1 is 1.26 bits per heavy atom. The van der Waals surface area contributed by atoms with Gasteiger partial charge in [0, 0.05) is 4.47 Å². The maximum Gasteiger partial charge on any atom is 0.155 e. The molecule has 108 valence electrons. The predicted octanol–water partition coefficient (Wildman–Crippen LogP) is 3.09. The van der Waals surface area contributed by atoms with E-state index in [9.17, 15) is 8.42 Å². The molecule has 1 aromatic rings. The fourth-order valence-electron chi connectivity index (χ4n) is 1.81. The molecule has 1 aromatic carbocycles. The number of benzene rings is 1. The molecular formula is C14H22BrNO2S. The van der Waals surface area contributed by atoms with Gasteiger partial charge in [-0.15, -0.1) is 0 Å². The summed E-state index contributed by atoms with van der Waals surface area (Å²) in [5, 5.41) is 0. The highest BCUT2D eigenvalue weighted by Crippen LogP contribution is 2.28. The van der Waals surface area contributed by atoms with E-state index in [-0.39, 0.29) is 11.7 Å². The Labute approximate surface area is 124 Å². The zero-order valence-corrected chi connectivity index (χ0v) is 14.1. The van der Waals surface area contributed by atoms with Crippen molar-refractivity contribution in [1.29, 1.82) is 0 Å². The highest BCUT2D eigenvalue weighted by molar-refractivity contribution is 9.10. The maximum atomic E-state index is 12.1. The number of rotatable bonds is 5. The second-order valence-corrected chi connectivity index (χ2v) is 9.39. The first-order valence-corrected chi connectivity index (χ1v) is 8.80. The van der Waals surface area contributed by atoms with Gasteiger partial charge in [-0.2, -0.15) is 0 Å². The van der Waals surface area contributed by atoms with Gasteiger partial charge in [-0.05, 0) is 51.3 Å². The highest BCUT2D eigenvalue weighted by atomic mass is 79.9. The van der Waals surface area contributed by atoms with Crippen molar-refractivity contribution in [3.05, 3.63) is 34.3 Å². The van der Waals surface area contributed by atoms with Crippen LogP contribution in [0.2, 0.25) is 0 Å². The van der Waals surface area contributed by atoms with Crippen molar-refractivity contribution in [3.8, 4) is 0 Å². The summed E-state index contributed by atoms with van der Waals surface area (Å²) in [6.45, 7) is 5.65. The van der Waals surface area contributed by atoms with Gasteiger partial charge in [0.1, 0.15) is 0 Å². The van der Waals surface area contributed by atoms with Gasteiger partial charge in [0.2, 0.25) is 0 Å². The van der Waals surface area contributed by atoms with Crippen LogP contribution in [0, 0.1) is 0 Å². The molecule has 0 saturated carbocycles. The molecule has 0 fully saturated rings. The predicted molar refractivity (Wildman–Crippen MR) is 84.1 cm³/mol. The van der Waals surface area contributed by atoms with E-state index in [4.69, 9.17) is 5.73 Å². The monoisotopic (exact) mass is 347 g/mol. The highest BCUT2D eigenvalue weighted by Gasteiger charge is 2.29. The topological polar surface area (TPSA) is 60.2 Å². The molecule has 1 unspecified atom stereocenters. The van der Waals surface area contributed by atoms with Crippen LogP contribution in [0.15, 0.2) is 28.7 Å². The quantitative estimate of drug-likeness (QED) is 0.890. The van der Waals surface area contributed by atoms with Gasteiger partial charge >= 0.3 is 0 Å². The summed E-state index contributed by atoms with van der Waals surface area (Å²) in [5.74, 6) is 0.229. The van der Waals surface area contributed by atoms with Crippen LogP contribution in [0.3, 0.4) is 0 Å². The van der Waals surface area contributed by atoms with Gasteiger partial charge in [0.25, 0.3) is 0 Å². The third kappa shape index (κ3) is 4.29. The first-order chi connectivity index (χ1) is 8.69. The van der Waals surface area contributed by atoms with Crippen LogP contribution in [0.4, 0.5) is 0 Å². The smallest absolute Gasteiger partial charge is 0.155 e. The summed E-state index contributed by atoms with van der Waals surface area (Å²) < 4.78 is 24.5. The number of halogens is 1. The largest absolute Gasteiger partial charge is 0.330 e. The molecule has 0 aliphatic carbocycles. The summed E-state index contributed by atoms with van der Waals surface area (Å²) in [6.07, 6.45) is 0.554. The standard InChI is InChI=1S/C14H22BrNO2S/c1-14(2,3)19(17,18)9-8-11(10-16)12-6-4-5-7-13(12)15/h4-7,11H,8-10,16H2,1-3H3. The van der Waals surface area contributed by atoms with Gasteiger partial charge in [-0.25, -0.2) is 8.42 Å². The van der Waals surface area contributed by atoms with Gasteiger partial charge < -0.3 is 5.73 Å². The third-order valence-corrected chi connectivity index (χ3v) is 6.66. The van der Waals surface area contributed by atoms with Crippen LogP contribution in [0.25, 0.3) is 0 Å². The molecule has 1 atom stereocenters. The number of nitrogens with two attached hydrogens (primary N) is 1. The van der Waals surface area contributed by atoms with Gasteiger partial charge in [-0.1, -0.05) is 34.1 Å². The van der Waals surface area contributed by atoms with E-state index in [1.807, 2.05) is 24.3 Å². The van der Waals surface area contributed by atoms with E-state index in [0.717, 1.165) is 10.0 Å². The van der Waals surface area contributed by atoms with E-state index in [2.05, 4.69) is 15.9 Å². The Bertz CT molecular complexity index is 520. The molecule has 2 N–H and O–H groups in total. The Balaban J connectivity index is 2.84. The van der Waals surface area contributed by atoms with Crippen molar-refractivity contribution in [3.63, 3.8) is 0 Å². The second-order valence-electron chi connectivity index (χ2n) is 5.67. The molecule has 0 spiro atoms. The zero-order valence-electron chi connectivity index (χ0n) is 11.7. The molecule has 0 amide bonds. The molecule has 0 bridgehead atoms. The normalized spacial score (nSPS) is 14.4. The molecule has 0 heterocycles. The Morgan fingerprint density at radius 3 is 2.32 bits per heavy atom. The molecule has 0 aliphatic heterocycles. The first-order valence-electron chi connectivity index (χ1n) is 6.36. The number of hydrogen-bond acceptors (Lipinski definition) is 3. The fourth-order valence-corrected chi connectivity index (χ4v) is 3.63. The summed E-state index contributed by atoms with van der Waals surface area (Å²) in [6, 6.07) is 7.83. The van der Waals surface area contributed by atoms with Crippen molar-refractivity contribution in [2.45, 2.75) is 37.9 Å². The molecule has 0 aliphatic rings. The molecule has 0 aromatic heterocycles. The minimum Gasteiger partial charge on any atom is -0.330 e. The van der Waals surface area contributed by atoms with Crippen LogP contribution in [0.1, 0.15) is 38.7 Å². The van der Waals surface area contributed by atoms with Crippen LogP contribution in [-0.4, -0.2) is 25.5 Å². The Kier molecular flexibility index (Phi) is 5.59. The molecular weight excluding hydrogens is 326 g/mol. The summed E-state index contributed by atoms with van der Waals surface area (Å²) in [7, 11) is -3.09. The van der Waals surface area contributed by atoms with Crippen LogP contribution in [0.5, 0.6) is 0 Å². The molecule has 1 rings (SSSR count). The minimum atomic E-state index is -3.09. The van der Waals surface area contributed by atoms with E-state index < -0.39 is 14.6 Å². The zero-order chi connectivity index (χ0) is 14.7. The SMILES string of the molecule is CC(C)(C)S(=O)(=O)CCC(CN)c1ccccc1Br. The van der Waals surface area contributed by atoms with Gasteiger partial charge in [0.15, 0.2) is 9.84 Å². The van der Waals surface area contributed by atoms with Crippen LogP contribution < -0.4 is 5.73 Å². The number of sulfone groups is 1. The van der Waals surface area contributed by atoms with E-state index >= 15 is 0 Å². The minimum absolute atomic E-state index is 0.0627. The molecule has 3 nitrogen and oxygen atoms in total. The fraction of sp³-hybridized carbons (Fsp3) is 0.571. The Hall–Kier alpha value is -0.390. The van der Waals surface area contributed by atoms with Gasteiger partial charge in [-0.3, -0.25) is 0 Å². The lowest BCUT2D eigenvalue weighted by Gasteiger charge is -2.22. The maximum absolute atomic E-state index is 12.1. The molecule has 5 heteroatoms. The molecule has 19 heavy (non-hydrogen) atoms. The Morgan fingerprint density at radius 2 is 1.84 bits per heavy atom. The first kappa shape index (κ1) is 16.7. The van der Waals surface area contributed by atoms with Crippen molar-refractivity contribution in [2.24, 2.45) is 5.73 Å². The van der Waals surface area contributed by atoms with Crippen LogP contribution in [-0.2, 0) is 9.84 Å². The third-order valence-electron chi connectivity index (χ3n) is 3.30. The average molecular weight is 348 g/mol. The lowest BCUT2D eigenvalue weighted by atomic mass is 9.97. The van der Waals surface area contributed by atoms with E-state index in [1.165, 1.54) is 0 Å². The number of hydrogen-bond donors (Lipinski definition) is 1. The second kappa shape index (κ2) is 6.37. The van der Waals surface area contributed by atoms with Gasteiger partial charge in [0.05, 0.1) is 10.5 Å². The summed E-state index contributed by atoms with van der Waals surface area (Å²) in [4.78, 5) is 0. The van der Waals surface area contributed by atoms with Crippen LogP contribution >= 0.6 is 15.9 Å². The van der Waals surface area contributed by atoms with Crippen molar-refractivity contribution in [1.82, 2.24) is 0 Å². The van der Waals surface area contributed by atoms with Crippen molar-refractivity contribution in [2.75, 3.05) is 12.3 Å². The van der Waals surface area contributed by atoms with E-state index in [1.54, 1.807) is 20.8 Å². The molecule has 0 radical (unpaired) electrons. The summed E-state index contributed by atoms with van der Waals surface area (Å²) in [5.41, 5.74) is 6.87.